The molecule has 0 aromatic heterocycles. The second-order valence-corrected chi connectivity index (χ2v) is 8.31. The zero-order valence-corrected chi connectivity index (χ0v) is 18.3. The number of hydrogen-bond donors (Lipinski definition) is 0. The summed E-state index contributed by atoms with van der Waals surface area (Å²) in [5.41, 5.74) is 2.78. The molecular weight excluding hydrogens is 413 g/mol. The highest BCUT2D eigenvalue weighted by molar-refractivity contribution is 5.71. The topological polar surface area (TPSA) is 18.5 Å². The van der Waals surface area contributed by atoms with E-state index in [9.17, 15) is 13.2 Å². The Labute approximate surface area is 187 Å². The number of hydrogen-bond acceptors (Lipinski definition) is 2. The number of ether oxygens (including phenoxy) is 2. The second-order valence-electron chi connectivity index (χ2n) is 8.31. The highest BCUT2D eigenvalue weighted by atomic mass is 19.2. The van der Waals surface area contributed by atoms with E-state index in [0.29, 0.717) is 23.7 Å². The predicted molar refractivity (Wildman–Crippen MR) is 120 cm³/mol. The van der Waals surface area contributed by atoms with Gasteiger partial charge in [-0.2, -0.15) is 4.39 Å². The third kappa shape index (κ3) is 4.53. The van der Waals surface area contributed by atoms with Gasteiger partial charge in [0.2, 0.25) is 5.82 Å². The van der Waals surface area contributed by atoms with Crippen LogP contribution in [0.25, 0.3) is 22.3 Å². The summed E-state index contributed by atoms with van der Waals surface area (Å²) in [6, 6.07) is 15.0. The maximum atomic E-state index is 14.9. The number of benzene rings is 3. The summed E-state index contributed by atoms with van der Waals surface area (Å²) in [5, 5.41) is 0. The fourth-order valence-corrected chi connectivity index (χ4v) is 4.41. The van der Waals surface area contributed by atoms with Crippen molar-refractivity contribution in [3.05, 3.63) is 77.6 Å². The highest BCUT2D eigenvalue weighted by Crippen LogP contribution is 2.36. The minimum atomic E-state index is -1.02. The van der Waals surface area contributed by atoms with Gasteiger partial charge in [-0.05, 0) is 60.1 Å². The molecule has 2 atom stereocenters. The first kappa shape index (κ1) is 22.4. The van der Waals surface area contributed by atoms with Crippen LogP contribution in [0.5, 0.6) is 5.75 Å². The summed E-state index contributed by atoms with van der Waals surface area (Å²) in [6.45, 7) is 2.85. The van der Waals surface area contributed by atoms with Gasteiger partial charge in [0, 0.05) is 11.1 Å². The van der Waals surface area contributed by atoms with Crippen molar-refractivity contribution in [1.82, 2.24) is 0 Å². The molecule has 1 heterocycles. The highest BCUT2D eigenvalue weighted by Gasteiger charge is 2.24. The summed E-state index contributed by atoms with van der Waals surface area (Å²) < 4.78 is 54.1. The molecule has 0 radical (unpaired) electrons. The van der Waals surface area contributed by atoms with E-state index in [-0.39, 0.29) is 23.2 Å². The van der Waals surface area contributed by atoms with Crippen LogP contribution in [0.15, 0.2) is 54.6 Å². The molecule has 0 amide bonds. The lowest BCUT2D eigenvalue weighted by molar-refractivity contribution is -0.0211. The van der Waals surface area contributed by atoms with Gasteiger partial charge in [-0.15, -0.1) is 0 Å². The maximum Gasteiger partial charge on any atom is 0.201 e. The molecule has 0 bridgehead atoms. The van der Waals surface area contributed by atoms with Crippen LogP contribution in [0, 0.1) is 23.4 Å². The molecule has 3 aromatic rings. The molecule has 1 saturated heterocycles. The van der Waals surface area contributed by atoms with Crippen molar-refractivity contribution in [2.24, 2.45) is 5.92 Å². The largest absolute Gasteiger partial charge is 0.494 e. The zero-order valence-electron chi connectivity index (χ0n) is 18.3. The predicted octanol–water partition coefficient (Wildman–Crippen LogP) is 7.71. The molecule has 5 heteroatoms. The lowest BCUT2D eigenvalue weighted by atomic mass is 9.91. The molecule has 2 unspecified atom stereocenters. The van der Waals surface area contributed by atoms with E-state index >= 15 is 0 Å². The van der Waals surface area contributed by atoms with Crippen LogP contribution >= 0.6 is 0 Å². The third-order valence-corrected chi connectivity index (χ3v) is 6.21. The van der Waals surface area contributed by atoms with E-state index in [1.807, 2.05) is 6.07 Å². The molecule has 0 N–H and O–H groups in total. The standard InChI is InChI=1S/C27H27F3O2/c1-3-4-17-5-13-24(32-16-17)22-11-10-20(15-23(22)28)18-6-8-19(9-7-18)21-12-14-25(31-2)27(30)26(21)29/h6-12,14-15,17,24H,3-5,13,16H2,1-2H3. The Kier molecular flexibility index (Phi) is 6.85. The normalized spacial score (nSPS) is 18.5. The Morgan fingerprint density at radius 2 is 1.59 bits per heavy atom. The Balaban J connectivity index is 1.52. The van der Waals surface area contributed by atoms with Crippen molar-refractivity contribution in [1.29, 1.82) is 0 Å². The monoisotopic (exact) mass is 440 g/mol. The molecule has 3 aromatic carbocycles. The van der Waals surface area contributed by atoms with Crippen LogP contribution in [-0.2, 0) is 4.74 Å². The molecule has 2 nitrogen and oxygen atoms in total. The van der Waals surface area contributed by atoms with Crippen LogP contribution in [0.2, 0.25) is 0 Å². The Bertz CT molecular complexity index is 1070. The Morgan fingerprint density at radius 3 is 2.22 bits per heavy atom. The molecule has 1 fully saturated rings. The number of rotatable bonds is 6. The first-order valence-electron chi connectivity index (χ1n) is 11.1. The average molecular weight is 441 g/mol. The van der Waals surface area contributed by atoms with Crippen molar-refractivity contribution in [2.45, 2.75) is 38.7 Å². The van der Waals surface area contributed by atoms with Crippen molar-refractivity contribution in [3.8, 4) is 28.0 Å². The minimum absolute atomic E-state index is 0.138. The third-order valence-electron chi connectivity index (χ3n) is 6.21. The summed E-state index contributed by atoms with van der Waals surface area (Å²) in [5.74, 6) is -1.82. The van der Waals surface area contributed by atoms with E-state index in [2.05, 4.69) is 6.92 Å². The van der Waals surface area contributed by atoms with Crippen LogP contribution in [0.4, 0.5) is 13.2 Å². The maximum absolute atomic E-state index is 14.9. The SMILES string of the molecule is CCCC1CCC(c2ccc(-c3ccc(-c4ccc(OC)c(F)c4F)cc3)cc2F)OC1. The van der Waals surface area contributed by atoms with Crippen LogP contribution in [-0.4, -0.2) is 13.7 Å². The van der Waals surface area contributed by atoms with Gasteiger partial charge in [0.25, 0.3) is 0 Å². The number of halogens is 3. The van der Waals surface area contributed by atoms with E-state index < -0.39 is 11.6 Å². The van der Waals surface area contributed by atoms with Crippen LogP contribution in [0.3, 0.4) is 0 Å². The fourth-order valence-electron chi connectivity index (χ4n) is 4.41. The van der Waals surface area contributed by atoms with Crippen LogP contribution in [0.1, 0.15) is 44.3 Å². The van der Waals surface area contributed by atoms with Gasteiger partial charge in [0.1, 0.15) is 5.82 Å². The minimum Gasteiger partial charge on any atom is -0.494 e. The first-order chi connectivity index (χ1) is 15.5. The Morgan fingerprint density at radius 1 is 0.875 bits per heavy atom. The smallest absolute Gasteiger partial charge is 0.201 e. The quantitative estimate of drug-likeness (QED) is 0.391. The lowest BCUT2D eigenvalue weighted by Crippen LogP contribution is -2.21. The van der Waals surface area contributed by atoms with Gasteiger partial charge in [-0.1, -0.05) is 49.7 Å². The van der Waals surface area contributed by atoms with Gasteiger partial charge in [-0.25, -0.2) is 8.78 Å². The molecule has 32 heavy (non-hydrogen) atoms. The van der Waals surface area contributed by atoms with E-state index in [1.54, 1.807) is 30.3 Å². The fraction of sp³-hybridized carbons (Fsp3) is 0.333. The van der Waals surface area contributed by atoms with E-state index in [1.165, 1.54) is 25.3 Å². The lowest BCUT2D eigenvalue weighted by Gasteiger charge is -2.29. The van der Waals surface area contributed by atoms with Gasteiger partial charge in [0.15, 0.2) is 11.6 Å². The van der Waals surface area contributed by atoms with Gasteiger partial charge >= 0.3 is 0 Å². The van der Waals surface area contributed by atoms with Gasteiger partial charge in [-0.3, -0.25) is 0 Å². The van der Waals surface area contributed by atoms with Crippen molar-refractivity contribution in [3.63, 3.8) is 0 Å². The average Bonchev–Trinajstić information content (AvgIpc) is 2.82. The van der Waals surface area contributed by atoms with Crippen LogP contribution < -0.4 is 4.74 Å². The first-order valence-corrected chi connectivity index (χ1v) is 11.1. The summed E-state index contributed by atoms with van der Waals surface area (Å²) in [6.07, 6.45) is 3.98. The molecular formula is C27H27F3O2. The molecule has 1 aliphatic rings. The molecule has 4 rings (SSSR count). The summed E-state index contributed by atoms with van der Waals surface area (Å²) in [4.78, 5) is 0. The van der Waals surface area contributed by atoms with Gasteiger partial charge in [0.05, 0.1) is 19.8 Å². The Hall–Kier alpha value is -2.79. The summed E-state index contributed by atoms with van der Waals surface area (Å²) >= 11 is 0. The molecule has 168 valence electrons. The van der Waals surface area contributed by atoms with Gasteiger partial charge < -0.3 is 9.47 Å². The number of methoxy groups -OCH3 is 1. The van der Waals surface area contributed by atoms with Crippen molar-refractivity contribution >= 4 is 0 Å². The second kappa shape index (κ2) is 9.78. The molecule has 0 aliphatic carbocycles. The zero-order chi connectivity index (χ0) is 22.7. The van der Waals surface area contributed by atoms with E-state index in [0.717, 1.165) is 36.8 Å². The van der Waals surface area contributed by atoms with E-state index in [4.69, 9.17) is 9.47 Å². The molecule has 0 saturated carbocycles. The van der Waals surface area contributed by atoms with Crippen molar-refractivity contribution in [2.75, 3.05) is 13.7 Å². The van der Waals surface area contributed by atoms with Crippen molar-refractivity contribution < 1.29 is 22.6 Å². The molecule has 0 spiro atoms. The molecule has 1 aliphatic heterocycles. The summed E-state index contributed by atoms with van der Waals surface area (Å²) in [7, 11) is 1.29.